The van der Waals surface area contributed by atoms with E-state index in [1.54, 1.807) is 22.8 Å². The molecule has 24 heavy (non-hydrogen) atoms. The van der Waals surface area contributed by atoms with Crippen LogP contribution in [0.4, 0.5) is 10.1 Å². The third kappa shape index (κ3) is 3.56. The molecule has 0 fully saturated rings. The Morgan fingerprint density at radius 1 is 1.29 bits per heavy atom. The highest BCUT2D eigenvalue weighted by atomic mass is 32.1. The molecule has 0 aliphatic rings. The van der Waals surface area contributed by atoms with E-state index >= 15 is 0 Å². The van der Waals surface area contributed by atoms with Gasteiger partial charge in [0.15, 0.2) is 0 Å². The first kappa shape index (κ1) is 16.1. The monoisotopic (exact) mass is 355 g/mol. The second-order valence-electron chi connectivity index (χ2n) is 4.69. The van der Waals surface area contributed by atoms with Crippen molar-refractivity contribution in [1.82, 2.24) is 4.98 Å². The summed E-state index contributed by atoms with van der Waals surface area (Å²) in [4.78, 5) is 16.5. The lowest BCUT2D eigenvalue weighted by molar-refractivity contribution is -0.112. The van der Waals surface area contributed by atoms with Crippen molar-refractivity contribution in [2.24, 2.45) is 0 Å². The molecule has 2 heterocycles. The normalized spacial score (nSPS) is 11.1. The smallest absolute Gasteiger partial charge is 0.266 e. The van der Waals surface area contributed by atoms with Gasteiger partial charge in [0.2, 0.25) is 0 Å². The van der Waals surface area contributed by atoms with Gasteiger partial charge < -0.3 is 5.32 Å². The highest BCUT2D eigenvalue weighted by Gasteiger charge is 2.13. The number of rotatable bonds is 4. The van der Waals surface area contributed by atoms with E-state index in [2.05, 4.69) is 10.3 Å². The van der Waals surface area contributed by atoms with E-state index in [4.69, 9.17) is 0 Å². The molecule has 118 valence electrons. The minimum absolute atomic E-state index is 0.0286. The van der Waals surface area contributed by atoms with E-state index < -0.39 is 11.7 Å². The molecule has 1 N–H and O–H groups in total. The summed E-state index contributed by atoms with van der Waals surface area (Å²) >= 11 is 3.00. The van der Waals surface area contributed by atoms with Crippen molar-refractivity contribution in [3.05, 3.63) is 63.6 Å². The number of nitrogens with zero attached hydrogens (tertiary/aromatic N) is 2. The van der Waals surface area contributed by atoms with Gasteiger partial charge in [0, 0.05) is 16.3 Å². The lowest BCUT2D eigenvalue weighted by Gasteiger charge is -2.04. The summed E-state index contributed by atoms with van der Waals surface area (Å²) in [6.07, 6.45) is 1.39. The summed E-state index contributed by atoms with van der Waals surface area (Å²) in [5.74, 6) is -1.23. The molecule has 0 atom stereocenters. The Hall–Kier alpha value is -2.82. The number of nitrogens with one attached hydrogen (secondary N) is 1. The predicted molar refractivity (Wildman–Crippen MR) is 94.0 cm³/mol. The van der Waals surface area contributed by atoms with E-state index in [1.807, 2.05) is 22.9 Å². The first-order chi connectivity index (χ1) is 11.7. The van der Waals surface area contributed by atoms with Gasteiger partial charge in [-0.1, -0.05) is 12.1 Å². The molecule has 1 amide bonds. The highest BCUT2D eigenvalue weighted by Crippen LogP contribution is 2.26. The third-order valence-corrected chi connectivity index (χ3v) is 4.66. The van der Waals surface area contributed by atoms with Gasteiger partial charge in [0.05, 0.1) is 11.4 Å². The van der Waals surface area contributed by atoms with Crippen LogP contribution in [0.5, 0.6) is 0 Å². The summed E-state index contributed by atoms with van der Waals surface area (Å²) < 4.78 is 13.6. The average Bonchev–Trinajstić information content (AvgIpc) is 3.25. The maximum atomic E-state index is 13.6. The summed E-state index contributed by atoms with van der Waals surface area (Å²) in [7, 11) is 0. The molecule has 3 aromatic rings. The van der Waals surface area contributed by atoms with Crippen molar-refractivity contribution in [2.75, 3.05) is 5.32 Å². The molecule has 0 bridgehead atoms. The molecule has 0 spiro atoms. The summed E-state index contributed by atoms with van der Waals surface area (Å²) in [5.41, 5.74) is 1.40. The van der Waals surface area contributed by atoms with Crippen LogP contribution in [-0.4, -0.2) is 10.9 Å². The lowest BCUT2D eigenvalue weighted by atomic mass is 10.2. The zero-order chi connectivity index (χ0) is 16.9. The number of hydrogen-bond acceptors (Lipinski definition) is 5. The molecule has 2 aromatic heterocycles. The molecule has 0 radical (unpaired) electrons. The van der Waals surface area contributed by atoms with Crippen LogP contribution in [0.3, 0.4) is 0 Å². The molecule has 4 nitrogen and oxygen atoms in total. The summed E-state index contributed by atoms with van der Waals surface area (Å²) in [6.45, 7) is 0. The van der Waals surface area contributed by atoms with Gasteiger partial charge in [-0.15, -0.1) is 11.3 Å². The standard InChI is InChI=1S/C17H10FN3OS2/c18-14-3-1-2-4-15(14)21-16(22)12(8-19)7-13-10-24-17(20-13)11-5-6-23-9-11/h1-7,9-10H,(H,21,22)/b12-7-. The van der Waals surface area contributed by atoms with Crippen molar-refractivity contribution >= 4 is 40.3 Å². The van der Waals surface area contributed by atoms with Crippen LogP contribution in [-0.2, 0) is 4.79 Å². The number of para-hydroxylation sites is 1. The number of benzene rings is 1. The molecule has 1 aromatic carbocycles. The number of thiophene rings is 1. The molecule has 0 unspecified atom stereocenters. The molecule has 3 rings (SSSR count). The van der Waals surface area contributed by atoms with Crippen molar-refractivity contribution in [3.8, 4) is 16.6 Å². The van der Waals surface area contributed by atoms with Gasteiger partial charge in [0.25, 0.3) is 5.91 Å². The van der Waals surface area contributed by atoms with Gasteiger partial charge >= 0.3 is 0 Å². The third-order valence-electron chi connectivity index (χ3n) is 3.07. The van der Waals surface area contributed by atoms with E-state index in [0.29, 0.717) is 5.69 Å². The lowest BCUT2D eigenvalue weighted by Crippen LogP contribution is -2.14. The minimum atomic E-state index is -0.673. The van der Waals surface area contributed by atoms with Crippen LogP contribution < -0.4 is 5.32 Å². The van der Waals surface area contributed by atoms with E-state index in [9.17, 15) is 14.4 Å². The van der Waals surface area contributed by atoms with E-state index in [0.717, 1.165) is 10.6 Å². The zero-order valence-corrected chi connectivity index (χ0v) is 13.8. The number of amides is 1. The second-order valence-corrected chi connectivity index (χ2v) is 6.33. The van der Waals surface area contributed by atoms with Gasteiger partial charge in [0.1, 0.15) is 22.5 Å². The van der Waals surface area contributed by atoms with E-state index in [-0.39, 0.29) is 11.3 Å². The number of nitriles is 1. The quantitative estimate of drug-likeness (QED) is 0.551. The number of carbonyl (C=O) groups is 1. The Bertz CT molecular complexity index is 939. The second kappa shape index (κ2) is 7.17. The Morgan fingerprint density at radius 3 is 2.83 bits per heavy atom. The van der Waals surface area contributed by atoms with Crippen molar-refractivity contribution in [2.45, 2.75) is 0 Å². The largest absolute Gasteiger partial charge is 0.319 e. The van der Waals surface area contributed by atoms with Crippen LogP contribution in [0.1, 0.15) is 5.69 Å². The molecule has 0 saturated heterocycles. The topological polar surface area (TPSA) is 65.8 Å². The Balaban J connectivity index is 1.81. The SMILES string of the molecule is N#C/C(=C/c1csc(-c2ccsc2)n1)C(=O)Nc1ccccc1F. The Kier molecular flexibility index (Phi) is 4.79. The van der Waals surface area contributed by atoms with Crippen molar-refractivity contribution in [3.63, 3.8) is 0 Å². The number of carbonyl (C=O) groups excluding carboxylic acids is 1. The van der Waals surface area contributed by atoms with Crippen LogP contribution in [0.25, 0.3) is 16.6 Å². The molecular formula is C17H10FN3OS2. The fourth-order valence-electron chi connectivity index (χ4n) is 1.92. The molecule has 0 aliphatic heterocycles. The maximum Gasteiger partial charge on any atom is 0.266 e. The number of aromatic nitrogens is 1. The van der Waals surface area contributed by atoms with Crippen LogP contribution >= 0.6 is 22.7 Å². The summed E-state index contributed by atoms with van der Waals surface area (Å²) in [5, 5.41) is 18.1. The zero-order valence-electron chi connectivity index (χ0n) is 12.2. The maximum absolute atomic E-state index is 13.6. The minimum Gasteiger partial charge on any atom is -0.319 e. The number of anilines is 1. The first-order valence-electron chi connectivity index (χ1n) is 6.83. The molecule has 7 heteroatoms. The number of hydrogen-bond donors (Lipinski definition) is 1. The van der Waals surface area contributed by atoms with Crippen LogP contribution in [0, 0.1) is 17.1 Å². The average molecular weight is 355 g/mol. The Morgan fingerprint density at radius 2 is 2.12 bits per heavy atom. The first-order valence-corrected chi connectivity index (χ1v) is 8.65. The summed E-state index contributed by atoms with van der Waals surface area (Å²) in [6, 6.07) is 9.56. The van der Waals surface area contributed by atoms with E-state index in [1.165, 1.54) is 35.6 Å². The van der Waals surface area contributed by atoms with Gasteiger partial charge in [-0.25, -0.2) is 9.37 Å². The fraction of sp³-hybridized carbons (Fsp3) is 0. The van der Waals surface area contributed by atoms with Gasteiger partial charge in [-0.05, 0) is 29.7 Å². The highest BCUT2D eigenvalue weighted by molar-refractivity contribution is 7.14. The van der Waals surface area contributed by atoms with Crippen molar-refractivity contribution < 1.29 is 9.18 Å². The van der Waals surface area contributed by atoms with Crippen LogP contribution in [0.2, 0.25) is 0 Å². The predicted octanol–water partition coefficient (Wildman–Crippen LogP) is 4.56. The van der Waals surface area contributed by atoms with Gasteiger partial charge in [-0.3, -0.25) is 4.79 Å². The molecular weight excluding hydrogens is 345 g/mol. The number of thiazole rings is 1. The van der Waals surface area contributed by atoms with Crippen LogP contribution in [0.15, 0.2) is 52.0 Å². The fourth-order valence-corrected chi connectivity index (χ4v) is 3.41. The molecule has 0 saturated carbocycles. The molecule has 0 aliphatic carbocycles. The van der Waals surface area contributed by atoms with Crippen molar-refractivity contribution in [1.29, 1.82) is 5.26 Å². The Labute approximate surface area is 145 Å². The number of halogens is 1. The van der Waals surface area contributed by atoms with Gasteiger partial charge in [-0.2, -0.15) is 16.6 Å².